The molecule has 24 heavy (non-hydrogen) atoms. The summed E-state index contributed by atoms with van der Waals surface area (Å²) in [4.78, 5) is 0. The van der Waals surface area contributed by atoms with Gasteiger partial charge in [-0.1, -0.05) is 62.1 Å². The number of halogens is 1. The third-order valence-electron chi connectivity index (χ3n) is 4.24. The van der Waals surface area contributed by atoms with Gasteiger partial charge in [0.2, 0.25) is 0 Å². The number of hydrogen-bond acceptors (Lipinski definition) is 2. The summed E-state index contributed by atoms with van der Waals surface area (Å²) in [5.41, 5.74) is 9.04. The Morgan fingerprint density at radius 2 is 1.62 bits per heavy atom. The van der Waals surface area contributed by atoms with Crippen LogP contribution >= 0.6 is 11.6 Å². The molecule has 2 nitrogen and oxygen atoms in total. The lowest BCUT2D eigenvalue weighted by Gasteiger charge is -2.12. The van der Waals surface area contributed by atoms with E-state index < -0.39 is 0 Å². The molecule has 0 atom stereocenters. The van der Waals surface area contributed by atoms with E-state index in [0.717, 1.165) is 54.3 Å². The minimum atomic E-state index is 0.772. The van der Waals surface area contributed by atoms with Crippen molar-refractivity contribution >= 4 is 11.6 Å². The van der Waals surface area contributed by atoms with E-state index in [-0.39, 0.29) is 0 Å². The summed E-state index contributed by atoms with van der Waals surface area (Å²) in [5, 5.41) is 0.806. The van der Waals surface area contributed by atoms with Crippen molar-refractivity contribution in [2.45, 2.75) is 45.4 Å². The van der Waals surface area contributed by atoms with Gasteiger partial charge < -0.3 is 10.5 Å². The normalized spacial score (nSPS) is 10.8. The summed E-state index contributed by atoms with van der Waals surface area (Å²) in [6.07, 6.45) is 6.87. The summed E-state index contributed by atoms with van der Waals surface area (Å²) in [6.45, 7) is 3.72. The molecule has 3 heteroatoms. The zero-order valence-electron chi connectivity index (χ0n) is 14.6. The van der Waals surface area contributed by atoms with Crippen LogP contribution in [-0.2, 0) is 6.42 Å². The van der Waals surface area contributed by atoms with Crippen molar-refractivity contribution in [1.29, 1.82) is 0 Å². The second-order valence-electron chi connectivity index (χ2n) is 6.06. The highest BCUT2D eigenvalue weighted by molar-refractivity contribution is 6.33. The number of ether oxygens (including phenoxy) is 1. The van der Waals surface area contributed by atoms with Gasteiger partial charge in [-0.05, 0) is 55.1 Å². The summed E-state index contributed by atoms with van der Waals surface area (Å²) in [7, 11) is 0. The molecule has 0 saturated carbocycles. The van der Waals surface area contributed by atoms with Gasteiger partial charge in [0.25, 0.3) is 0 Å². The van der Waals surface area contributed by atoms with E-state index in [2.05, 4.69) is 25.1 Å². The second kappa shape index (κ2) is 10.4. The molecule has 2 rings (SSSR count). The highest BCUT2D eigenvalue weighted by Gasteiger charge is 2.08. The lowest BCUT2D eigenvalue weighted by Crippen LogP contribution is -1.99. The molecular formula is C21H28ClNO. The maximum absolute atomic E-state index is 6.40. The molecule has 2 aromatic carbocycles. The molecule has 0 amide bonds. The number of rotatable bonds is 10. The Morgan fingerprint density at radius 1 is 0.917 bits per heavy atom. The van der Waals surface area contributed by atoms with Crippen molar-refractivity contribution in [3.05, 3.63) is 53.1 Å². The fourth-order valence-electron chi connectivity index (χ4n) is 2.87. The lowest BCUT2D eigenvalue weighted by atomic mass is 9.98. The molecule has 0 aliphatic rings. The maximum Gasteiger partial charge on any atom is 0.119 e. The molecule has 0 bridgehead atoms. The fraction of sp³-hybridized carbons (Fsp3) is 0.429. The van der Waals surface area contributed by atoms with Crippen LogP contribution in [0.4, 0.5) is 0 Å². The van der Waals surface area contributed by atoms with Crippen molar-refractivity contribution in [1.82, 2.24) is 0 Å². The standard InChI is InChI=1S/C21H28ClNO/c1-2-17-9-8-10-20(22)21(17)18-11-13-19(14-12-18)24-16-7-5-3-4-6-15-23/h8-14H,2-7,15-16,23H2,1H3. The summed E-state index contributed by atoms with van der Waals surface area (Å²) >= 11 is 6.40. The van der Waals surface area contributed by atoms with Crippen LogP contribution in [0.2, 0.25) is 5.02 Å². The van der Waals surface area contributed by atoms with E-state index in [1.807, 2.05) is 24.3 Å². The first kappa shape index (κ1) is 18.8. The van der Waals surface area contributed by atoms with Crippen LogP contribution in [0, 0.1) is 0 Å². The largest absolute Gasteiger partial charge is 0.494 e. The van der Waals surface area contributed by atoms with E-state index >= 15 is 0 Å². The Balaban J connectivity index is 1.87. The van der Waals surface area contributed by atoms with Crippen molar-refractivity contribution in [2.75, 3.05) is 13.2 Å². The van der Waals surface area contributed by atoms with Crippen molar-refractivity contribution in [2.24, 2.45) is 5.73 Å². The van der Waals surface area contributed by atoms with Gasteiger partial charge in [-0.3, -0.25) is 0 Å². The molecule has 130 valence electrons. The van der Waals surface area contributed by atoms with Crippen LogP contribution in [0.1, 0.15) is 44.6 Å². The van der Waals surface area contributed by atoms with Crippen molar-refractivity contribution < 1.29 is 4.74 Å². The minimum Gasteiger partial charge on any atom is -0.494 e. The second-order valence-corrected chi connectivity index (χ2v) is 6.46. The highest BCUT2D eigenvalue weighted by Crippen LogP contribution is 2.32. The van der Waals surface area contributed by atoms with Crippen LogP contribution in [0.5, 0.6) is 5.75 Å². The van der Waals surface area contributed by atoms with Gasteiger partial charge in [-0.2, -0.15) is 0 Å². The number of aryl methyl sites for hydroxylation is 1. The molecule has 0 spiro atoms. The van der Waals surface area contributed by atoms with Gasteiger partial charge in [-0.25, -0.2) is 0 Å². The van der Waals surface area contributed by atoms with Gasteiger partial charge in [0.15, 0.2) is 0 Å². The van der Waals surface area contributed by atoms with Crippen molar-refractivity contribution in [3.8, 4) is 16.9 Å². The Labute approximate surface area is 151 Å². The van der Waals surface area contributed by atoms with E-state index in [1.165, 1.54) is 24.8 Å². The number of benzene rings is 2. The Morgan fingerprint density at radius 3 is 2.33 bits per heavy atom. The molecule has 0 fully saturated rings. The summed E-state index contributed by atoms with van der Waals surface area (Å²) in [5.74, 6) is 0.922. The topological polar surface area (TPSA) is 35.2 Å². The first-order chi connectivity index (χ1) is 11.8. The van der Waals surface area contributed by atoms with Gasteiger partial charge in [0.05, 0.1) is 6.61 Å². The first-order valence-corrected chi connectivity index (χ1v) is 9.34. The maximum atomic E-state index is 6.40. The lowest BCUT2D eigenvalue weighted by molar-refractivity contribution is 0.304. The summed E-state index contributed by atoms with van der Waals surface area (Å²) < 4.78 is 5.83. The Kier molecular flexibility index (Phi) is 8.14. The number of nitrogens with two attached hydrogens (primary N) is 1. The molecular weight excluding hydrogens is 318 g/mol. The molecule has 0 heterocycles. The predicted molar refractivity (Wildman–Crippen MR) is 104 cm³/mol. The van der Waals surface area contributed by atoms with Crippen molar-refractivity contribution in [3.63, 3.8) is 0 Å². The summed E-state index contributed by atoms with van der Waals surface area (Å²) in [6, 6.07) is 14.4. The molecule has 0 aromatic heterocycles. The molecule has 0 aliphatic carbocycles. The third kappa shape index (κ3) is 5.54. The minimum absolute atomic E-state index is 0.772. The number of hydrogen-bond donors (Lipinski definition) is 1. The SMILES string of the molecule is CCc1cccc(Cl)c1-c1ccc(OCCCCCCCN)cc1. The first-order valence-electron chi connectivity index (χ1n) is 8.97. The Hall–Kier alpha value is -1.51. The molecule has 0 saturated heterocycles. The quantitative estimate of drug-likeness (QED) is 0.547. The van der Waals surface area contributed by atoms with E-state index in [0.29, 0.717) is 0 Å². The molecule has 2 aromatic rings. The van der Waals surface area contributed by atoms with E-state index in [1.54, 1.807) is 0 Å². The van der Waals surface area contributed by atoms with Gasteiger partial charge in [0.1, 0.15) is 5.75 Å². The fourth-order valence-corrected chi connectivity index (χ4v) is 3.17. The zero-order valence-corrected chi connectivity index (χ0v) is 15.3. The van der Waals surface area contributed by atoms with Crippen LogP contribution in [0.25, 0.3) is 11.1 Å². The highest BCUT2D eigenvalue weighted by atomic mass is 35.5. The predicted octanol–water partition coefficient (Wildman–Crippen LogP) is 5.86. The Bertz CT molecular complexity index is 610. The average Bonchev–Trinajstić information content (AvgIpc) is 2.61. The van der Waals surface area contributed by atoms with Gasteiger partial charge >= 0.3 is 0 Å². The van der Waals surface area contributed by atoms with E-state index in [4.69, 9.17) is 22.1 Å². The monoisotopic (exact) mass is 345 g/mol. The molecule has 2 N–H and O–H groups in total. The van der Waals surface area contributed by atoms with Gasteiger partial charge in [-0.15, -0.1) is 0 Å². The molecule has 0 unspecified atom stereocenters. The van der Waals surface area contributed by atoms with Crippen LogP contribution in [-0.4, -0.2) is 13.2 Å². The van der Waals surface area contributed by atoms with Crippen LogP contribution in [0.15, 0.2) is 42.5 Å². The third-order valence-corrected chi connectivity index (χ3v) is 4.56. The van der Waals surface area contributed by atoms with Crippen LogP contribution in [0.3, 0.4) is 0 Å². The van der Waals surface area contributed by atoms with Gasteiger partial charge in [0, 0.05) is 10.6 Å². The average molecular weight is 346 g/mol. The van der Waals surface area contributed by atoms with E-state index in [9.17, 15) is 0 Å². The smallest absolute Gasteiger partial charge is 0.119 e. The molecule has 0 radical (unpaired) electrons. The van der Waals surface area contributed by atoms with Crippen LogP contribution < -0.4 is 10.5 Å². The number of unbranched alkanes of at least 4 members (excludes halogenated alkanes) is 4. The zero-order chi connectivity index (χ0) is 17.2. The molecule has 0 aliphatic heterocycles.